The van der Waals surface area contributed by atoms with Crippen LogP contribution < -0.4 is 10.2 Å². The summed E-state index contributed by atoms with van der Waals surface area (Å²) >= 11 is 0. The van der Waals surface area contributed by atoms with Gasteiger partial charge in [-0.15, -0.1) is 0 Å². The van der Waals surface area contributed by atoms with Gasteiger partial charge in [-0.1, -0.05) is 75.4 Å². The van der Waals surface area contributed by atoms with Gasteiger partial charge in [0.05, 0.1) is 6.61 Å². The number of unbranched alkanes of at least 4 members (excludes halogenated alkanes) is 5. The number of hydrazine groups is 1. The number of fused-ring (bicyclic) bond motifs is 1. The molecule has 1 saturated heterocycles. The summed E-state index contributed by atoms with van der Waals surface area (Å²) in [5, 5.41) is 2.50. The van der Waals surface area contributed by atoms with E-state index in [2.05, 4.69) is 12.3 Å². The maximum Gasteiger partial charge on any atom is 0.410 e. The lowest BCUT2D eigenvalue weighted by Gasteiger charge is -2.38. The Morgan fingerprint density at radius 2 is 1.75 bits per heavy atom. The molecule has 176 valence electrons. The van der Waals surface area contributed by atoms with E-state index in [0.717, 1.165) is 42.5 Å². The van der Waals surface area contributed by atoms with Crippen molar-refractivity contribution in [3.05, 3.63) is 42.0 Å². The van der Waals surface area contributed by atoms with Crippen LogP contribution in [0.15, 0.2) is 36.4 Å². The average molecular weight is 451 g/mol. The number of ether oxygens (including phenoxy) is 1. The van der Waals surface area contributed by atoms with Crippen LogP contribution in [0.2, 0.25) is 0 Å². The van der Waals surface area contributed by atoms with E-state index in [1.807, 2.05) is 12.1 Å². The maximum absolute atomic E-state index is 14.4. The third kappa shape index (κ3) is 5.55. The number of amides is 1. The van der Waals surface area contributed by atoms with Gasteiger partial charge in [0, 0.05) is 22.9 Å². The molecule has 1 heterocycles. The van der Waals surface area contributed by atoms with Crippen molar-refractivity contribution >= 4 is 16.7 Å². The summed E-state index contributed by atoms with van der Waals surface area (Å²) in [6, 6.07) is 8.47. The molecule has 0 bridgehead atoms. The highest BCUT2D eigenvalue weighted by Gasteiger charge is 2.54. The van der Waals surface area contributed by atoms with Crippen LogP contribution in [-0.4, -0.2) is 29.2 Å². The second-order valence-corrected chi connectivity index (χ2v) is 9.16. The van der Waals surface area contributed by atoms with Crippen molar-refractivity contribution in [3.8, 4) is 5.75 Å². The summed E-state index contributed by atoms with van der Waals surface area (Å²) in [7, 11) is 0. The highest BCUT2D eigenvalue weighted by Crippen LogP contribution is 2.47. The molecule has 1 aliphatic rings. The van der Waals surface area contributed by atoms with E-state index in [9.17, 15) is 18.0 Å². The Morgan fingerprint density at radius 1 is 1.06 bits per heavy atom. The summed E-state index contributed by atoms with van der Waals surface area (Å²) in [6.07, 6.45) is 1.79. The zero-order valence-electron chi connectivity index (χ0n) is 19.1. The van der Waals surface area contributed by atoms with Crippen molar-refractivity contribution in [3.63, 3.8) is 0 Å². The molecule has 2 aromatic carbocycles. The first kappa shape index (κ1) is 24.4. The van der Waals surface area contributed by atoms with E-state index in [-0.39, 0.29) is 17.7 Å². The van der Waals surface area contributed by atoms with Crippen LogP contribution in [0.3, 0.4) is 0 Å². The number of hydrogen-bond acceptors (Lipinski definition) is 3. The molecule has 0 spiro atoms. The second kappa shape index (κ2) is 10.1. The quantitative estimate of drug-likeness (QED) is 0.410. The predicted octanol–water partition coefficient (Wildman–Crippen LogP) is 6.70. The van der Waals surface area contributed by atoms with E-state index < -0.39 is 23.7 Å². The molecule has 0 unspecified atom stereocenters. The van der Waals surface area contributed by atoms with Crippen LogP contribution in [0, 0.1) is 0 Å². The van der Waals surface area contributed by atoms with Crippen molar-refractivity contribution < 1.29 is 22.7 Å². The summed E-state index contributed by atoms with van der Waals surface area (Å²) in [4.78, 5) is 12.0. The largest absolute Gasteiger partial charge is 0.493 e. The van der Waals surface area contributed by atoms with E-state index in [1.165, 1.54) is 12.5 Å². The predicted molar refractivity (Wildman–Crippen MR) is 120 cm³/mol. The minimum Gasteiger partial charge on any atom is -0.493 e. The fourth-order valence-electron chi connectivity index (χ4n) is 4.37. The molecular formula is C25H33F3N2O2. The summed E-state index contributed by atoms with van der Waals surface area (Å²) in [6.45, 7) is 5.79. The van der Waals surface area contributed by atoms with Gasteiger partial charge in [-0.2, -0.15) is 18.2 Å². The van der Waals surface area contributed by atoms with E-state index in [0.29, 0.717) is 12.0 Å². The molecule has 32 heavy (non-hydrogen) atoms. The zero-order chi connectivity index (χ0) is 23.4. The SMILES string of the molecule is CCCCCCCCOc1c([C@H](N2NC(=O)CC2(C)C)C(F)(F)F)ccc2ccccc12. The maximum atomic E-state index is 14.4. The van der Waals surface area contributed by atoms with Crippen molar-refractivity contribution in [1.29, 1.82) is 0 Å². The van der Waals surface area contributed by atoms with Gasteiger partial charge in [0.25, 0.3) is 0 Å². The Hall–Kier alpha value is -2.28. The molecule has 0 radical (unpaired) electrons. The van der Waals surface area contributed by atoms with Crippen LogP contribution in [0.25, 0.3) is 10.8 Å². The van der Waals surface area contributed by atoms with E-state index in [1.54, 1.807) is 32.0 Å². The number of hydrogen-bond donors (Lipinski definition) is 1. The lowest BCUT2D eigenvalue weighted by molar-refractivity contribution is -0.204. The third-order valence-corrected chi connectivity index (χ3v) is 6.01. The number of carbonyl (C=O) groups is 1. The van der Waals surface area contributed by atoms with Crippen LogP contribution >= 0.6 is 0 Å². The summed E-state index contributed by atoms with van der Waals surface area (Å²) < 4.78 is 49.3. The summed E-state index contributed by atoms with van der Waals surface area (Å²) in [5.41, 5.74) is 1.48. The Labute approximate surface area is 188 Å². The van der Waals surface area contributed by atoms with Gasteiger partial charge in [0.2, 0.25) is 5.91 Å². The highest BCUT2D eigenvalue weighted by molar-refractivity contribution is 5.90. The number of rotatable bonds is 10. The molecule has 1 atom stereocenters. The molecule has 1 aliphatic heterocycles. The van der Waals surface area contributed by atoms with Crippen molar-refractivity contribution in [2.24, 2.45) is 0 Å². The van der Waals surface area contributed by atoms with Gasteiger partial charge in [-0.25, -0.2) is 0 Å². The van der Waals surface area contributed by atoms with Gasteiger partial charge in [0.15, 0.2) is 6.04 Å². The number of halogens is 3. The van der Waals surface area contributed by atoms with Crippen molar-refractivity contribution in [2.45, 2.75) is 83.5 Å². The van der Waals surface area contributed by atoms with Crippen molar-refractivity contribution in [2.75, 3.05) is 6.61 Å². The van der Waals surface area contributed by atoms with Crippen molar-refractivity contribution in [1.82, 2.24) is 10.4 Å². The molecule has 3 rings (SSSR count). The second-order valence-electron chi connectivity index (χ2n) is 9.16. The number of benzene rings is 2. The lowest BCUT2D eigenvalue weighted by Crippen LogP contribution is -2.51. The molecule has 0 aromatic heterocycles. The smallest absolute Gasteiger partial charge is 0.410 e. The van der Waals surface area contributed by atoms with E-state index in [4.69, 9.17) is 4.74 Å². The molecule has 0 saturated carbocycles. The average Bonchev–Trinajstić information content (AvgIpc) is 2.98. The van der Waals surface area contributed by atoms with Crippen LogP contribution in [0.1, 0.15) is 77.3 Å². The lowest BCUT2D eigenvalue weighted by atomic mass is 9.94. The Bertz CT molecular complexity index is 927. The third-order valence-electron chi connectivity index (χ3n) is 6.01. The number of nitrogens with one attached hydrogen (secondary N) is 1. The number of alkyl halides is 3. The molecule has 1 fully saturated rings. The van der Waals surface area contributed by atoms with E-state index >= 15 is 0 Å². The van der Waals surface area contributed by atoms with Gasteiger partial charge in [-0.3, -0.25) is 10.2 Å². The van der Waals surface area contributed by atoms with Gasteiger partial charge < -0.3 is 4.74 Å². The topological polar surface area (TPSA) is 41.6 Å². The molecular weight excluding hydrogens is 417 g/mol. The minimum atomic E-state index is -4.60. The Kier molecular flexibility index (Phi) is 7.70. The first-order chi connectivity index (χ1) is 15.1. The molecule has 1 amide bonds. The molecule has 1 N–H and O–H groups in total. The Morgan fingerprint density at radius 3 is 2.41 bits per heavy atom. The van der Waals surface area contributed by atoms with Crippen LogP contribution in [0.5, 0.6) is 5.75 Å². The molecule has 7 heteroatoms. The van der Waals surface area contributed by atoms with Crippen LogP contribution in [0.4, 0.5) is 13.2 Å². The van der Waals surface area contributed by atoms with Gasteiger partial charge in [-0.05, 0) is 25.7 Å². The fourth-order valence-corrected chi connectivity index (χ4v) is 4.37. The van der Waals surface area contributed by atoms with Gasteiger partial charge >= 0.3 is 6.18 Å². The number of carbonyl (C=O) groups excluding carboxylic acids is 1. The molecule has 4 nitrogen and oxygen atoms in total. The first-order valence-electron chi connectivity index (χ1n) is 11.4. The fraction of sp³-hybridized carbons (Fsp3) is 0.560. The van der Waals surface area contributed by atoms with Gasteiger partial charge in [0.1, 0.15) is 5.75 Å². The molecule has 2 aromatic rings. The molecule has 0 aliphatic carbocycles. The monoisotopic (exact) mass is 450 g/mol. The Balaban J connectivity index is 1.94. The zero-order valence-corrected chi connectivity index (χ0v) is 19.1. The standard InChI is InChI=1S/C25H33F3N2O2/c1-4-5-6-7-8-11-16-32-22-19-13-10-9-12-18(19)14-15-20(22)23(25(26,27)28)30-24(2,3)17-21(31)29-30/h9-10,12-15,23H,4-8,11,16-17H2,1-3H3,(H,29,31)/t23-/m0/s1. The highest BCUT2D eigenvalue weighted by atomic mass is 19.4. The number of nitrogens with zero attached hydrogens (tertiary/aromatic N) is 1. The van der Waals surface area contributed by atoms with Crippen LogP contribution in [-0.2, 0) is 4.79 Å². The summed E-state index contributed by atoms with van der Waals surface area (Å²) in [5.74, 6) is -0.171. The first-order valence-corrected chi connectivity index (χ1v) is 11.4. The minimum absolute atomic E-state index is 0.00110. The normalized spacial score (nSPS) is 17.5.